The number of carbonyl (C=O) groups excluding carboxylic acids is 1. The summed E-state index contributed by atoms with van der Waals surface area (Å²) in [5, 5.41) is 0. The Morgan fingerprint density at radius 1 is 1.16 bits per heavy atom. The molecular formula is C20H25N9O2. The monoisotopic (exact) mass is 423 g/mol. The Labute approximate surface area is 179 Å². The van der Waals surface area contributed by atoms with Crippen LogP contribution in [0, 0.1) is 5.92 Å². The molecule has 2 aliphatic heterocycles. The highest BCUT2D eigenvalue weighted by atomic mass is 16.5. The SMILES string of the molecule is CC(=O)N1CCC(Cn2cnc3c(N4CCOCC4)nc(-c4cnc(N)nc4)nc32)C1. The number of ether oxygens (including phenoxy) is 1. The summed E-state index contributed by atoms with van der Waals surface area (Å²) in [6.07, 6.45) is 6.06. The average Bonchev–Trinajstić information content (AvgIpc) is 3.42. The highest BCUT2D eigenvalue weighted by Gasteiger charge is 2.26. The minimum atomic E-state index is 0.126. The fourth-order valence-electron chi connectivity index (χ4n) is 4.19. The normalized spacial score (nSPS) is 19.3. The zero-order valence-electron chi connectivity index (χ0n) is 17.4. The standard InChI is InChI=1S/C20H25N9O2/c1-13(30)28-3-2-14(10-28)11-29-12-24-16-18(27-4-6-31-7-5-27)25-17(26-19(16)29)15-8-22-20(21)23-9-15/h8-9,12,14H,2-7,10-11H2,1H3,(H2,21,22,23). The van der Waals surface area contributed by atoms with Gasteiger partial charge in [-0.25, -0.2) is 24.9 Å². The van der Waals surface area contributed by atoms with E-state index >= 15 is 0 Å². The Hall–Kier alpha value is -3.34. The van der Waals surface area contributed by atoms with E-state index in [1.54, 1.807) is 19.3 Å². The Morgan fingerprint density at radius 3 is 2.65 bits per heavy atom. The van der Waals surface area contributed by atoms with Gasteiger partial charge in [0.25, 0.3) is 0 Å². The topological polar surface area (TPSA) is 128 Å². The van der Waals surface area contributed by atoms with Gasteiger partial charge in [-0.1, -0.05) is 0 Å². The van der Waals surface area contributed by atoms with Crippen molar-refractivity contribution >= 4 is 28.8 Å². The number of morpholine rings is 1. The van der Waals surface area contributed by atoms with E-state index in [0.29, 0.717) is 30.5 Å². The molecule has 2 saturated heterocycles. The van der Waals surface area contributed by atoms with Gasteiger partial charge in [0.15, 0.2) is 22.8 Å². The first-order valence-corrected chi connectivity index (χ1v) is 10.5. The van der Waals surface area contributed by atoms with Crippen LogP contribution in [0.1, 0.15) is 13.3 Å². The Balaban J connectivity index is 1.54. The molecule has 2 aliphatic rings. The number of nitrogen functional groups attached to an aromatic ring is 1. The maximum Gasteiger partial charge on any atom is 0.219 e. The van der Waals surface area contributed by atoms with Crippen molar-refractivity contribution in [2.24, 2.45) is 5.92 Å². The van der Waals surface area contributed by atoms with Gasteiger partial charge in [0, 0.05) is 52.0 Å². The van der Waals surface area contributed by atoms with Crippen LogP contribution < -0.4 is 10.6 Å². The van der Waals surface area contributed by atoms with Gasteiger partial charge in [-0.05, 0) is 12.3 Å². The summed E-state index contributed by atoms with van der Waals surface area (Å²) >= 11 is 0. The van der Waals surface area contributed by atoms with E-state index in [4.69, 9.17) is 20.4 Å². The number of hydrogen-bond donors (Lipinski definition) is 1. The second kappa shape index (κ2) is 8.06. The summed E-state index contributed by atoms with van der Waals surface area (Å²) in [6, 6.07) is 0. The van der Waals surface area contributed by atoms with Crippen molar-refractivity contribution in [2.75, 3.05) is 50.0 Å². The lowest BCUT2D eigenvalue weighted by Gasteiger charge is -2.28. The van der Waals surface area contributed by atoms with Gasteiger partial charge in [-0.2, -0.15) is 0 Å². The van der Waals surface area contributed by atoms with Gasteiger partial charge in [-0.3, -0.25) is 4.79 Å². The van der Waals surface area contributed by atoms with Crippen LogP contribution in [-0.2, 0) is 16.1 Å². The molecule has 5 heterocycles. The van der Waals surface area contributed by atoms with Crippen molar-refractivity contribution < 1.29 is 9.53 Å². The van der Waals surface area contributed by atoms with Crippen LogP contribution in [0.5, 0.6) is 0 Å². The number of rotatable bonds is 4. The lowest BCUT2D eigenvalue weighted by Crippen LogP contribution is -2.37. The van der Waals surface area contributed by atoms with Crippen molar-refractivity contribution in [3.8, 4) is 11.4 Å². The van der Waals surface area contributed by atoms with E-state index in [9.17, 15) is 4.79 Å². The van der Waals surface area contributed by atoms with Crippen LogP contribution in [-0.4, -0.2) is 79.7 Å². The number of likely N-dealkylation sites (tertiary alicyclic amines) is 1. The second-order valence-corrected chi connectivity index (χ2v) is 7.99. The molecule has 3 aromatic rings. The van der Waals surface area contributed by atoms with Crippen LogP contribution in [0.4, 0.5) is 11.8 Å². The molecule has 2 N–H and O–H groups in total. The number of amides is 1. The molecule has 1 amide bonds. The second-order valence-electron chi connectivity index (χ2n) is 7.99. The Bertz CT molecular complexity index is 1090. The van der Waals surface area contributed by atoms with Crippen LogP contribution in [0.3, 0.4) is 0 Å². The van der Waals surface area contributed by atoms with Crippen molar-refractivity contribution in [1.29, 1.82) is 0 Å². The average molecular weight is 423 g/mol. The lowest BCUT2D eigenvalue weighted by molar-refractivity contribution is -0.127. The van der Waals surface area contributed by atoms with Crippen molar-refractivity contribution in [1.82, 2.24) is 34.4 Å². The van der Waals surface area contributed by atoms with Crippen LogP contribution in [0.25, 0.3) is 22.6 Å². The van der Waals surface area contributed by atoms with Gasteiger partial charge in [0.1, 0.15) is 0 Å². The largest absolute Gasteiger partial charge is 0.378 e. The minimum Gasteiger partial charge on any atom is -0.378 e. The van der Waals surface area contributed by atoms with Gasteiger partial charge in [-0.15, -0.1) is 0 Å². The Morgan fingerprint density at radius 2 is 1.94 bits per heavy atom. The van der Waals surface area contributed by atoms with E-state index in [1.807, 2.05) is 11.2 Å². The summed E-state index contributed by atoms with van der Waals surface area (Å²) in [5.74, 6) is 2.02. The van der Waals surface area contributed by atoms with Crippen molar-refractivity contribution in [3.63, 3.8) is 0 Å². The molecule has 31 heavy (non-hydrogen) atoms. The lowest BCUT2D eigenvalue weighted by atomic mass is 10.1. The molecule has 0 aromatic carbocycles. The summed E-state index contributed by atoms with van der Waals surface area (Å²) in [6.45, 7) is 6.71. The molecule has 0 bridgehead atoms. The quantitative estimate of drug-likeness (QED) is 0.640. The van der Waals surface area contributed by atoms with E-state index in [-0.39, 0.29) is 11.9 Å². The third-order valence-electron chi connectivity index (χ3n) is 5.87. The number of carbonyl (C=O) groups is 1. The summed E-state index contributed by atoms with van der Waals surface area (Å²) in [4.78, 5) is 38.3. The highest BCUT2D eigenvalue weighted by Crippen LogP contribution is 2.28. The van der Waals surface area contributed by atoms with Crippen molar-refractivity contribution in [2.45, 2.75) is 19.9 Å². The van der Waals surface area contributed by atoms with Crippen LogP contribution in [0.2, 0.25) is 0 Å². The number of hydrogen-bond acceptors (Lipinski definition) is 9. The minimum absolute atomic E-state index is 0.126. The summed E-state index contributed by atoms with van der Waals surface area (Å²) in [5.41, 5.74) is 7.88. The molecule has 0 saturated carbocycles. The van der Waals surface area contributed by atoms with Crippen LogP contribution >= 0.6 is 0 Å². The molecule has 0 aliphatic carbocycles. The number of fused-ring (bicyclic) bond motifs is 1. The van der Waals surface area contributed by atoms with E-state index in [0.717, 1.165) is 56.1 Å². The molecular weight excluding hydrogens is 398 g/mol. The van der Waals surface area contributed by atoms with E-state index in [1.165, 1.54) is 0 Å². The fraction of sp³-hybridized carbons (Fsp3) is 0.500. The van der Waals surface area contributed by atoms with E-state index in [2.05, 4.69) is 24.4 Å². The Kier molecular flexibility index (Phi) is 5.10. The molecule has 5 rings (SSSR count). The van der Waals surface area contributed by atoms with Gasteiger partial charge in [0.2, 0.25) is 11.9 Å². The third-order valence-corrected chi connectivity index (χ3v) is 5.87. The molecule has 0 radical (unpaired) electrons. The molecule has 1 atom stereocenters. The molecule has 2 fully saturated rings. The molecule has 11 nitrogen and oxygen atoms in total. The summed E-state index contributed by atoms with van der Waals surface area (Å²) in [7, 11) is 0. The first-order valence-electron chi connectivity index (χ1n) is 10.5. The highest BCUT2D eigenvalue weighted by molar-refractivity contribution is 5.85. The third kappa shape index (κ3) is 3.88. The fourth-order valence-corrected chi connectivity index (χ4v) is 4.19. The maximum atomic E-state index is 11.7. The number of imidazole rings is 1. The van der Waals surface area contributed by atoms with E-state index < -0.39 is 0 Å². The number of nitrogens with zero attached hydrogens (tertiary/aromatic N) is 8. The summed E-state index contributed by atoms with van der Waals surface area (Å²) < 4.78 is 7.57. The predicted octanol–water partition coefficient (Wildman–Crippen LogP) is 0.571. The van der Waals surface area contributed by atoms with Gasteiger partial charge < -0.3 is 24.8 Å². The van der Waals surface area contributed by atoms with Gasteiger partial charge >= 0.3 is 0 Å². The molecule has 11 heteroatoms. The van der Waals surface area contributed by atoms with Gasteiger partial charge in [0.05, 0.1) is 25.1 Å². The number of aromatic nitrogens is 6. The molecule has 1 unspecified atom stereocenters. The predicted molar refractivity (Wildman–Crippen MR) is 114 cm³/mol. The first kappa shape index (κ1) is 19.6. The molecule has 162 valence electrons. The zero-order chi connectivity index (χ0) is 21.4. The number of anilines is 2. The zero-order valence-corrected chi connectivity index (χ0v) is 17.4. The smallest absolute Gasteiger partial charge is 0.219 e. The number of nitrogens with two attached hydrogens (primary N) is 1. The first-order chi connectivity index (χ1) is 15.1. The maximum absolute atomic E-state index is 11.7. The van der Waals surface area contributed by atoms with Crippen LogP contribution in [0.15, 0.2) is 18.7 Å². The molecule has 3 aromatic heterocycles. The molecule has 0 spiro atoms. The van der Waals surface area contributed by atoms with Crippen molar-refractivity contribution in [3.05, 3.63) is 18.7 Å².